The van der Waals surface area contributed by atoms with Crippen LogP contribution < -0.4 is 19.5 Å². The first-order valence-electron chi connectivity index (χ1n) is 12.3. The number of aryl methyl sites for hydroxylation is 1. The standard InChI is InChI=1S/C28H31N5O5S/c1-20-9-12-23(13-10-20)39(35,36)31-24(17-21-7-5-4-6-8-21)28(34)29-15-16-33-19-25(30-32-33)22-11-14-26(37-2)27(18-22)38-3/h4-14,18-19,24,31H,15-17H2,1-3H3,(H,29,34)/t24-/m0/s1. The number of benzene rings is 3. The van der Waals surface area contributed by atoms with Crippen LogP contribution in [0.2, 0.25) is 0 Å². The molecule has 39 heavy (non-hydrogen) atoms. The molecule has 0 radical (unpaired) electrons. The van der Waals surface area contributed by atoms with Crippen LogP contribution in [-0.4, -0.2) is 56.1 Å². The molecule has 0 bridgehead atoms. The number of hydrogen-bond donors (Lipinski definition) is 2. The van der Waals surface area contributed by atoms with Gasteiger partial charge in [0.1, 0.15) is 11.7 Å². The van der Waals surface area contributed by atoms with Crippen molar-refractivity contribution < 1.29 is 22.7 Å². The third kappa shape index (κ3) is 7.21. The van der Waals surface area contributed by atoms with Gasteiger partial charge in [-0.3, -0.25) is 9.48 Å². The first-order chi connectivity index (χ1) is 18.8. The van der Waals surface area contributed by atoms with Crippen LogP contribution in [0.3, 0.4) is 0 Å². The molecule has 0 aliphatic rings. The smallest absolute Gasteiger partial charge is 0.241 e. The Morgan fingerprint density at radius 3 is 2.38 bits per heavy atom. The maximum atomic E-state index is 13.1. The number of ether oxygens (including phenoxy) is 2. The molecule has 0 saturated heterocycles. The molecule has 0 aliphatic heterocycles. The van der Waals surface area contributed by atoms with Gasteiger partial charge in [-0.05, 0) is 49.2 Å². The largest absolute Gasteiger partial charge is 0.493 e. The van der Waals surface area contributed by atoms with Gasteiger partial charge in [0.25, 0.3) is 0 Å². The molecule has 2 N–H and O–H groups in total. The molecule has 1 heterocycles. The number of hydrogen-bond acceptors (Lipinski definition) is 7. The minimum absolute atomic E-state index is 0.101. The van der Waals surface area contributed by atoms with E-state index in [2.05, 4.69) is 20.4 Å². The topological polar surface area (TPSA) is 124 Å². The molecule has 3 aromatic carbocycles. The highest BCUT2D eigenvalue weighted by Gasteiger charge is 2.26. The Hall–Kier alpha value is -4.22. The number of rotatable bonds is 12. The van der Waals surface area contributed by atoms with Gasteiger partial charge in [0.2, 0.25) is 15.9 Å². The Morgan fingerprint density at radius 1 is 0.974 bits per heavy atom. The lowest BCUT2D eigenvalue weighted by molar-refractivity contribution is -0.122. The molecule has 0 spiro atoms. The van der Waals surface area contributed by atoms with Crippen molar-refractivity contribution in [3.63, 3.8) is 0 Å². The SMILES string of the molecule is COc1ccc(-c2cn(CCNC(=O)[C@H](Cc3ccccc3)NS(=O)(=O)c3ccc(C)cc3)nn2)cc1OC. The van der Waals surface area contributed by atoms with Gasteiger partial charge in [-0.25, -0.2) is 8.42 Å². The molecule has 0 unspecified atom stereocenters. The van der Waals surface area contributed by atoms with Crippen molar-refractivity contribution >= 4 is 15.9 Å². The lowest BCUT2D eigenvalue weighted by Crippen LogP contribution is -2.48. The molecule has 0 saturated carbocycles. The highest BCUT2D eigenvalue weighted by molar-refractivity contribution is 7.89. The van der Waals surface area contributed by atoms with Crippen molar-refractivity contribution in [2.75, 3.05) is 20.8 Å². The molecule has 204 valence electrons. The van der Waals surface area contributed by atoms with E-state index in [1.54, 1.807) is 43.3 Å². The van der Waals surface area contributed by atoms with E-state index in [-0.39, 0.29) is 17.9 Å². The first kappa shape index (κ1) is 27.8. The second-order valence-electron chi connectivity index (χ2n) is 8.90. The summed E-state index contributed by atoms with van der Waals surface area (Å²) in [5.74, 6) is 0.753. The van der Waals surface area contributed by atoms with Crippen molar-refractivity contribution in [1.82, 2.24) is 25.0 Å². The fourth-order valence-corrected chi connectivity index (χ4v) is 5.16. The van der Waals surface area contributed by atoms with Gasteiger partial charge in [0.15, 0.2) is 11.5 Å². The molecule has 10 nitrogen and oxygen atoms in total. The van der Waals surface area contributed by atoms with E-state index in [1.165, 1.54) is 12.1 Å². The summed E-state index contributed by atoms with van der Waals surface area (Å²) in [7, 11) is -0.782. The van der Waals surface area contributed by atoms with Crippen LogP contribution in [0.15, 0.2) is 83.9 Å². The summed E-state index contributed by atoms with van der Waals surface area (Å²) in [6.45, 7) is 2.45. The fourth-order valence-electron chi connectivity index (χ4n) is 3.96. The number of amides is 1. The Balaban J connectivity index is 1.42. The van der Waals surface area contributed by atoms with Gasteiger partial charge >= 0.3 is 0 Å². The number of methoxy groups -OCH3 is 2. The van der Waals surface area contributed by atoms with E-state index in [9.17, 15) is 13.2 Å². The lowest BCUT2D eigenvalue weighted by Gasteiger charge is -2.19. The van der Waals surface area contributed by atoms with Gasteiger partial charge in [0.05, 0.1) is 31.9 Å². The van der Waals surface area contributed by atoms with Crippen LogP contribution in [0.4, 0.5) is 0 Å². The Labute approximate surface area is 228 Å². The minimum atomic E-state index is -3.91. The minimum Gasteiger partial charge on any atom is -0.493 e. The number of carbonyl (C=O) groups is 1. The second-order valence-corrected chi connectivity index (χ2v) is 10.6. The second kappa shape index (κ2) is 12.5. The number of carbonyl (C=O) groups excluding carboxylic acids is 1. The average molecular weight is 550 g/mol. The Bertz CT molecular complexity index is 1510. The molecule has 4 aromatic rings. The van der Waals surface area contributed by atoms with E-state index < -0.39 is 22.0 Å². The maximum Gasteiger partial charge on any atom is 0.241 e. The third-order valence-corrected chi connectivity index (χ3v) is 7.57. The molecule has 4 rings (SSSR count). The van der Waals surface area contributed by atoms with Crippen molar-refractivity contribution in [1.29, 1.82) is 0 Å². The number of sulfonamides is 1. The number of nitrogens with one attached hydrogen (secondary N) is 2. The average Bonchev–Trinajstić information content (AvgIpc) is 3.42. The predicted molar refractivity (Wildman–Crippen MR) is 147 cm³/mol. The summed E-state index contributed by atoms with van der Waals surface area (Å²) in [4.78, 5) is 13.3. The molecular weight excluding hydrogens is 518 g/mol. The van der Waals surface area contributed by atoms with Gasteiger partial charge in [-0.2, -0.15) is 4.72 Å². The summed E-state index contributed by atoms with van der Waals surface area (Å²) in [6, 6.07) is 20.2. The molecule has 1 atom stereocenters. The van der Waals surface area contributed by atoms with E-state index in [0.29, 0.717) is 23.7 Å². The lowest BCUT2D eigenvalue weighted by atomic mass is 10.1. The van der Waals surface area contributed by atoms with Gasteiger partial charge in [-0.15, -0.1) is 5.10 Å². The van der Waals surface area contributed by atoms with E-state index in [1.807, 2.05) is 49.4 Å². The third-order valence-electron chi connectivity index (χ3n) is 6.09. The van der Waals surface area contributed by atoms with Crippen molar-refractivity contribution in [2.45, 2.75) is 30.8 Å². The summed E-state index contributed by atoms with van der Waals surface area (Å²) in [5.41, 5.74) is 3.21. The summed E-state index contributed by atoms with van der Waals surface area (Å²) >= 11 is 0. The van der Waals surface area contributed by atoms with Crippen LogP contribution >= 0.6 is 0 Å². The van der Waals surface area contributed by atoms with E-state index >= 15 is 0 Å². The fraction of sp³-hybridized carbons (Fsp3) is 0.250. The molecule has 0 aliphatic carbocycles. The highest BCUT2D eigenvalue weighted by atomic mass is 32.2. The van der Waals surface area contributed by atoms with E-state index in [0.717, 1.165) is 16.7 Å². The zero-order valence-corrected chi connectivity index (χ0v) is 22.8. The summed E-state index contributed by atoms with van der Waals surface area (Å²) in [6.07, 6.45) is 1.96. The van der Waals surface area contributed by atoms with Crippen LogP contribution in [0.1, 0.15) is 11.1 Å². The maximum absolute atomic E-state index is 13.1. The van der Waals surface area contributed by atoms with E-state index in [4.69, 9.17) is 9.47 Å². The Morgan fingerprint density at radius 2 is 1.69 bits per heavy atom. The quantitative estimate of drug-likeness (QED) is 0.278. The highest BCUT2D eigenvalue weighted by Crippen LogP contribution is 2.31. The van der Waals surface area contributed by atoms with Crippen LogP contribution in [-0.2, 0) is 27.8 Å². The normalized spacial score (nSPS) is 12.1. The zero-order valence-electron chi connectivity index (χ0n) is 22.0. The van der Waals surface area contributed by atoms with Crippen LogP contribution in [0.5, 0.6) is 11.5 Å². The van der Waals surface area contributed by atoms with Crippen LogP contribution in [0, 0.1) is 6.92 Å². The summed E-state index contributed by atoms with van der Waals surface area (Å²) < 4.78 is 40.9. The van der Waals surface area contributed by atoms with Crippen molar-refractivity contribution in [3.05, 3.63) is 90.1 Å². The number of aromatic nitrogens is 3. The molecule has 1 aromatic heterocycles. The molecule has 11 heteroatoms. The molecular formula is C28H31N5O5S. The number of nitrogens with zero attached hydrogens (tertiary/aromatic N) is 3. The van der Waals surface area contributed by atoms with Crippen molar-refractivity contribution in [2.24, 2.45) is 0 Å². The monoisotopic (exact) mass is 549 g/mol. The van der Waals surface area contributed by atoms with Crippen molar-refractivity contribution in [3.8, 4) is 22.8 Å². The van der Waals surface area contributed by atoms with Crippen LogP contribution in [0.25, 0.3) is 11.3 Å². The van der Waals surface area contributed by atoms with Gasteiger partial charge < -0.3 is 14.8 Å². The predicted octanol–water partition coefficient (Wildman–Crippen LogP) is 2.98. The van der Waals surface area contributed by atoms with Gasteiger partial charge in [-0.1, -0.05) is 53.2 Å². The molecule has 1 amide bonds. The summed E-state index contributed by atoms with van der Waals surface area (Å²) in [5, 5.41) is 11.2. The Kier molecular flexibility index (Phi) is 8.95. The first-order valence-corrected chi connectivity index (χ1v) is 13.8. The van der Waals surface area contributed by atoms with Gasteiger partial charge in [0, 0.05) is 12.1 Å². The zero-order chi connectivity index (χ0) is 27.8. The molecule has 0 fully saturated rings.